The zero-order valence-electron chi connectivity index (χ0n) is 13.9. The largest absolute Gasteiger partial charge is 0.416 e. The van der Waals surface area contributed by atoms with Crippen molar-refractivity contribution < 1.29 is 17.6 Å². The van der Waals surface area contributed by atoms with E-state index in [2.05, 4.69) is 10.2 Å². The fraction of sp³-hybridized carbons (Fsp3) is 0.222. The van der Waals surface area contributed by atoms with Crippen LogP contribution in [0.3, 0.4) is 0 Å². The Hall–Kier alpha value is -2.55. The summed E-state index contributed by atoms with van der Waals surface area (Å²) in [7, 11) is 0. The number of thioether (sulfide) groups is 1. The van der Waals surface area contributed by atoms with Gasteiger partial charge in [-0.3, -0.25) is 4.57 Å². The molecule has 1 aliphatic heterocycles. The molecular formula is C18H14F4N4S. The first-order valence-corrected chi connectivity index (χ1v) is 9.15. The lowest BCUT2D eigenvalue weighted by atomic mass is 10.1. The standard InChI is InChI=1S/C18H14F4N4S/c19-14-5-7-15(8-6-14)25-9-10-26-16(25)23-24-17(26)27-11-12-1-3-13(4-2-12)18(20,21)22/h1-8H,9-11H2. The number of aromatic nitrogens is 3. The molecule has 0 N–H and O–H groups in total. The number of benzene rings is 2. The molecule has 1 aliphatic rings. The molecule has 0 spiro atoms. The molecule has 140 valence electrons. The third-order valence-electron chi connectivity index (χ3n) is 4.27. The molecule has 0 amide bonds. The van der Waals surface area contributed by atoms with Gasteiger partial charge in [-0.25, -0.2) is 4.39 Å². The van der Waals surface area contributed by atoms with Crippen LogP contribution in [0, 0.1) is 5.82 Å². The van der Waals surface area contributed by atoms with Gasteiger partial charge in [0.25, 0.3) is 0 Å². The highest BCUT2D eigenvalue weighted by molar-refractivity contribution is 7.98. The van der Waals surface area contributed by atoms with Crippen LogP contribution in [0.2, 0.25) is 0 Å². The minimum Gasteiger partial charge on any atom is -0.309 e. The fourth-order valence-corrected chi connectivity index (χ4v) is 3.80. The van der Waals surface area contributed by atoms with Gasteiger partial charge in [0.15, 0.2) is 5.16 Å². The molecule has 0 atom stereocenters. The van der Waals surface area contributed by atoms with Gasteiger partial charge in [0.2, 0.25) is 5.95 Å². The quantitative estimate of drug-likeness (QED) is 0.467. The van der Waals surface area contributed by atoms with E-state index in [0.29, 0.717) is 29.9 Å². The summed E-state index contributed by atoms with van der Waals surface area (Å²) in [5, 5.41) is 9.10. The van der Waals surface area contributed by atoms with E-state index in [-0.39, 0.29) is 5.82 Å². The average Bonchev–Trinajstić information content (AvgIpc) is 3.23. The number of alkyl halides is 3. The zero-order chi connectivity index (χ0) is 19.0. The third-order valence-corrected chi connectivity index (χ3v) is 5.31. The third kappa shape index (κ3) is 3.64. The van der Waals surface area contributed by atoms with Gasteiger partial charge < -0.3 is 4.90 Å². The van der Waals surface area contributed by atoms with Crippen molar-refractivity contribution in [3.8, 4) is 0 Å². The summed E-state index contributed by atoms with van der Waals surface area (Å²) < 4.78 is 52.9. The molecule has 0 bridgehead atoms. The van der Waals surface area contributed by atoms with Crippen molar-refractivity contribution in [2.45, 2.75) is 23.6 Å². The van der Waals surface area contributed by atoms with Gasteiger partial charge >= 0.3 is 6.18 Å². The lowest BCUT2D eigenvalue weighted by molar-refractivity contribution is -0.137. The second-order valence-corrected chi connectivity index (χ2v) is 6.99. The molecule has 1 aromatic heterocycles. The van der Waals surface area contributed by atoms with Gasteiger partial charge in [0.1, 0.15) is 5.82 Å². The summed E-state index contributed by atoms with van der Waals surface area (Å²) >= 11 is 1.42. The van der Waals surface area contributed by atoms with E-state index in [0.717, 1.165) is 23.4 Å². The number of fused-ring (bicyclic) bond motifs is 1. The molecule has 4 rings (SSSR count). The highest BCUT2D eigenvalue weighted by Crippen LogP contribution is 2.34. The van der Waals surface area contributed by atoms with E-state index in [1.165, 1.54) is 36.0 Å². The van der Waals surface area contributed by atoms with Crippen molar-refractivity contribution >= 4 is 23.4 Å². The highest BCUT2D eigenvalue weighted by atomic mass is 32.2. The maximum atomic E-state index is 13.1. The maximum absolute atomic E-state index is 13.1. The van der Waals surface area contributed by atoms with Crippen LogP contribution in [-0.2, 0) is 18.5 Å². The minimum absolute atomic E-state index is 0.299. The van der Waals surface area contributed by atoms with Crippen molar-refractivity contribution in [3.63, 3.8) is 0 Å². The molecule has 2 aromatic carbocycles. The number of halogens is 4. The van der Waals surface area contributed by atoms with E-state index in [9.17, 15) is 17.6 Å². The summed E-state index contributed by atoms with van der Waals surface area (Å²) in [6.45, 7) is 1.39. The van der Waals surface area contributed by atoms with E-state index in [1.807, 2.05) is 9.47 Å². The summed E-state index contributed by atoms with van der Waals surface area (Å²) in [6.07, 6.45) is -4.33. The molecule has 3 aromatic rings. The van der Waals surface area contributed by atoms with E-state index in [4.69, 9.17) is 0 Å². The van der Waals surface area contributed by atoms with Gasteiger partial charge in [-0.2, -0.15) is 13.2 Å². The van der Waals surface area contributed by atoms with Crippen molar-refractivity contribution in [1.82, 2.24) is 14.8 Å². The topological polar surface area (TPSA) is 34.0 Å². The average molecular weight is 394 g/mol. The first kappa shape index (κ1) is 17.8. The maximum Gasteiger partial charge on any atom is 0.416 e. The monoisotopic (exact) mass is 394 g/mol. The number of anilines is 2. The first-order valence-electron chi connectivity index (χ1n) is 8.17. The first-order chi connectivity index (χ1) is 12.9. The van der Waals surface area contributed by atoms with Crippen LogP contribution >= 0.6 is 11.8 Å². The van der Waals surface area contributed by atoms with Gasteiger partial charge in [-0.1, -0.05) is 23.9 Å². The number of nitrogens with zero attached hydrogens (tertiary/aromatic N) is 4. The Balaban J connectivity index is 1.46. The van der Waals surface area contributed by atoms with Crippen molar-refractivity contribution in [2.24, 2.45) is 0 Å². The Bertz CT molecular complexity index is 935. The predicted octanol–water partition coefficient (Wildman–Crippen LogP) is 4.88. The molecule has 27 heavy (non-hydrogen) atoms. The summed E-state index contributed by atoms with van der Waals surface area (Å²) in [5.74, 6) is 0.871. The van der Waals surface area contributed by atoms with Crippen LogP contribution in [0.1, 0.15) is 11.1 Å². The van der Waals surface area contributed by atoms with Crippen LogP contribution < -0.4 is 4.90 Å². The van der Waals surface area contributed by atoms with Gasteiger partial charge in [0.05, 0.1) is 5.56 Å². The number of hydrogen-bond acceptors (Lipinski definition) is 4. The molecule has 0 saturated heterocycles. The van der Waals surface area contributed by atoms with Crippen LogP contribution in [-0.4, -0.2) is 21.3 Å². The molecule has 4 nitrogen and oxygen atoms in total. The number of hydrogen-bond donors (Lipinski definition) is 0. The van der Waals surface area contributed by atoms with Crippen LogP contribution in [0.25, 0.3) is 0 Å². The summed E-state index contributed by atoms with van der Waals surface area (Å²) in [6, 6.07) is 11.3. The van der Waals surface area contributed by atoms with E-state index >= 15 is 0 Å². The Morgan fingerprint density at radius 3 is 2.30 bits per heavy atom. The Morgan fingerprint density at radius 2 is 1.63 bits per heavy atom. The SMILES string of the molecule is Fc1ccc(N2CCn3c(SCc4ccc(C(F)(F)F)cc4)nnc32)cc1. The molecule has 0 fully saturated rings. The Morgan fingerprint density at radius 1 is 0.926 bits per heavy atom. The Kier molecular flexibility index (Phi) is 4.55. The van der Waals surface area contributed by atoms with E-state index in [1.54, 1.807) is 12.1 Å². The highest BCUT2D eigenvalue weighted by Gasteiger charge is 2.30. The summed E-state index contributed by atoms with van der Waals surface area (Å²) in [4.78, 5) is 1.95. The lowest BCUT2D eigenvalue weighted by Crippen LogP contribution is -2.14. The second kappa shape index (κ2) is 6.88. The molecular weight excluding hydrogens is 380 g/mol. The van der Waals surface area contributed by atoms with E-state index < -0.39 is 11.7 Å². The van der Waals surface area contributed by atoms with Gasteiger partial charge in [-0.05, 0) is 42.0 Å². The molecule has 0 saturated carbocycles. The normalized spacial score (nSPS) is 13.9. The number of rotatable bonds is 4. The van der Waals surface area contributed by atoms with Crippen molar-refractivity contribution in [2.75, 3.05) is 11.4 Å². The molecule has 0 unspecified atom stereocenters. The smallest absolute Gasteiger partial charge is 0.309 e. The predicted molar refractivity (Wildman–Crippen MR) is 94.4 cm³/mol. The van der Waals surface area contributed by atoms with Crippen molar-refractivity contribution in [1.29, 1.82) is 0 Å². The van der Waals surface area contributed by atoms with Crippen LogP contribution in [0.5, 0.6) is 0 Å². The van der Waals surface area contributed by atoms with Crippen LogP contribution in [0.15, 0.2) is 53.7 Å². The lowest BCUT2D eigenvalue weighted by Gasteiger charge is -2.14. The second-order valence-electron chi connectivity index (χ2n) is 6.05. The molecule has 9 heteroatoms. The zero-order valence-corrected chi connectivity index (χ0v) is 14.8. The van der Waals surface area contributed by atoms with Gasteiger partial charge in [-0.15, -0.1) is 10.2 Å². The fourth-order valence-electron chi connectivity index (χ4n) is 2.89. The van der Waals surface area contributed by atoms with Crippen molar-refractivity contribution in [3.05, 3.63) is 65.5 Å². The van der Waals surface area contributed by atoms with Crippen LogP contribution in [0.4, 0.5) is 29.2 Å². The van der Waals surface area contributed by atoms with Gasteiger partial charge in [0, 0.05) is 24.5 Å². The summed E-state index contributed by atoms with van der Waals surface area (Å²) in [5.41, 5.74) is 0.954. The minimum atomic E-state index is -4.33. The Labute approximate surface area is 156 Å². The molecule has 0 aliphatic carbocycles. The molecule has 0 radical (unpaired) electrons. The molecule has 2 heterocycles.